The Morgan fingerprint density at radius 1 is 1.18 bits per heavy atom. The lowest BCUT2D eigenvalue weighted by Gasteiger charge is -2.14. The van der Waals surface area contributed by atoms with E-state index in [1.807, 2.05) is 0 Å². The zero-order valence-corrected chi connectivity index (χ0v) is 16.4. The van der Waals surface area contributed by atoms with Gasteiger partial charge in [0.2, 0.25) is 5.91 Å². The predicted octanol–water partition coefficient (Wildman–Crippen LogP) is 3.09. The van der Waals surface area contributed by atoms with Gasteiger partial charge in [0.15, 0.2) is 0 Å². The van der Waals surface area contributed by atoms with E-state index in [1.165, 1.54) is 17.0 Å². The summed E-state index contributed by atoms with van der Waals surface area (Å²) < 4.78 is 13.3. The standard InChI is InChI=1S/C20H17FN2O3S2/c21-15-5-1-14(2-6-15)11-17-19(26)23(20(27)28-17)12-18(25)22-10-9-13-3-7-16(24)8-4-13/h1-8,11,24H,9-10,12H2,(H,22,25). The predicted molar refractivity (Wildman–Crippen MR) is 111 cm³/mol. The Kier molecular flexibility index (Phi) is 6.43. The Morgan fingerprint density at radius 3 is 2.54 bits per heavy atom. The van der Waals surface area contributed by atoms with Crippen LogP contribution in [0, 0.1) is 5.82 Å². The second kappa shape index (κ2) is 8.99. The summed E-state index contributed by atoms with van der Waals surface area (Å²) in [6.45, 7) is 0.255. The molecule has 1 aliphatic rings. The average Bonchev–Trinajstić information content (AvgIpc) is 2.92. The van der Waals surface area contributed by atoms with Crippen LogP contribution in [-0.4, -0.2) is 39.2 Å². The summed E-state index contributed by atoms with van der Waals surface area (Å²) in [6.07, 6.45) is 2.23. The molecule has 1 heterocycles. The lowest BCUT2D eigenvalue weighted by atomic mass is 10.1. The summed E-state index contributed by atoms with van der Waals surface area (Å²) in [5.74, 6) is -0.810. The fraction of sp³-hybridized carbons (Fsp3) is 0.150. The molecule has 0 aromatic heterocycles. The molecule has 0 spiro atoms. The van der Waals surface area contributed by atoms with Crippen molar-refractivity contribution in [3.8, 4) is 5.75 Å². The summed E-state index contributed by atoms with van der Waals surface area (Å²) in [5, 5.41) is 12.0. The van der Waals surface area contributed by atoms with Crippen LogP contribution in [-0.2, 0) is 16.0 Å². The number of hydrogen-bond acceptors (Lipinski definition) is 5. The molecule has 0 saturated carbocycles. The molecule has 8 heteroatoms. The third-order valence-corrected chi connectivity index (χ3v) is 5.39. The monoisotopic (exact) mass is 416 g/mol. The molecule has 0 bridgehead atoms. The Hall–Kier alpha value is -2.71. The van der Waals surface area contributed by atoms with Gasteiger partial charge in [-0.05, 0) is 47.9 Å². The Labute approximate surface area is 171 Å². The van der Waals surface area contributed by atoms with Gasteiger partial charge in [-0.15, -0.1) is 0 Å². The van der Waals surface area contributed by atoms with E-state index in [2.05, 4.69) is 5.32 Å². The van der Waals surface area contributed by atoms with Crippen LogP contribution in [0.15, 0.2) is 53.4 Å². The van der Waals surface area contributed by atoms with Crippen LogP contribution in [0.4, 0.5) is 4.39 Å². The minimum Gasteiger partial charge on any atom is -0.508 e. The van der Waals surface area contributed by atoms with Gasteiger partial charge in [0, 0.05) is 6.54 Å². The second-order valence-corrected chi connectivity index (χ2v) is 7.76. The Bertz CT molecular complexity index is 927. The highest BCUT2D eigenvalue weighted by Crippen LogP contribution is 2.32. The molecule has 5 nitrogen and oxygen atoms in total. The van der Waals surface area contributed by atoms with Crippen molar-refractivity contribution in [2.24, 2.45) is 0 Å². The number of phenolic OH excluding ortho intramolecular Hbond substituents is 1. The molecule has 2 aromatic carbocycles. The molecule has 1 saturated heterocycles. The number of carbonyl (C=O) groups excluding carboxylic acids is 2. The number of thioether (sulfide) groups is 1. The van der Waals surface area contributed by atoms with Crippen molar-refractivity contribution in [2.45, 2.75) is 6.42 Å². The molecule has 0 unspecified atom stereocenters. The highest BCUT2D eigenvalue weighted by molar-refractivity contribution is 8.26. The largest absolute Gasteiger partial charge is 0.508 e. The van der Waals surface area contributed by atoms with Crippen LogP contribution in [0.1, 0.15) is 11.1 Å². The topological polar surface area (TPSA) is 69.6 Å². The summed E-state index contributed by atoms with van der Waals surface area (Å²) in [7, 11) is 0. The fourth-order valence-electron chi connectivity index (χ4n) is 2.56. The summed E-state index contributed by atoms with van der Waals surface area (Å²) in [6, 6.07) is 12.5. The molecule has 0 radical (unpaired) electrons. The number of halogens is 1. The zero-order chi connectivity index (χ0) is 20.1. The van der Waals surface area contributed by atoms with Gasteiger partial charge in [0.05, 0.1) is 4.91 Å². The van der Waals surface area contributed by atoms with E-state index in [9.17, 15) is 19.1 Å². The number of nitrogens with zero attached hydrogens (tertiary/aromatic N) is 1. The van der Waals surface area contributed by atoms with E-state index in [0.717, 1.165) is 17.3 Å². The molecule has 2 amide bonds. The van der Waals surface area contributed by atoms with Crippen molar-refractivity contribution in [3.63, 3.8) is 0 Å². The first kappa shape index (κ1) is 20.0. The van der Waals surface area contributed by atoms with Crippen LogP contribution in [0.5, 0.6) is 5.75 Å². The van der Waals surface area contributed by atoms with E-state index in [0.29, 0.717) is 27.8 Å². The molecule has 1 fully saturated rings. The molecule has 28 heavy (non-hydrogen) atoms. The maximum atomic E-state index is 13.0. The summed E-state index contributed by atoms with van der Waals surface area (Å²) in [5.41, 5.74) is 1.66. The van der Waals surface area contributed by atoms with Crippen LogP contribution < -0.4 is 5.32 Å². The van der Waals surface area contributed by atoms with E-state index < -0.39 is 0 Å². The molecular formula is C20H17FN2O3S2. The molecule has 144 valence electrons. The van der Waals surface area contributed by atoms with Crippen LogP contribution in [0.2, 0.25) is 0 Å². The zero-order valence-electron chi connectivity index (χ0n) is 14.7. The van der Waals surface area contributed by atoms with Gasteiger partial charge >= 0.3 is 0 Å². The number of aromatic hydroxyl groups is 1. The lowest BCUT2D eigenvalue weighted by molar-refractivity contribution is -0.128. The van der Waals surface area contributed by atoms with Crippen LogP contribution >= 0.6 is 24.0 Å². The number of phenols is 1. The minimum absolute atomic E-state index is 0.152. The second-order valence-electron chi connectivity index (χ2n) is 6.09. The number of hydrogen-bond donors (Lipinski definition) is 2. The van der Waals surface area contributed by atoms with E-state index in [4.69, 9.17) is 12.2 Å². The molecular weight excluding hydrogens is 399 g/mol. The molecule has 3 rings (SSSR count). The van der Waals surface area contributed by atoms with Crippen molar-refractivity contribution in [2.75, 3.05) is 13.1 Å². The molecule has 1 aliphatic heterocycles. The van der Waals surface area contributed by atoms with Gasteiger partial charge in [-0.1, -0.05) is 48.2 Å². The van der Waals surface area contributed by atoms with Crippen molar-refractivity contribution >= 4 is 46.2 Å². The first-order chi connectivity index (χ1) is 13.4. The van der Waals surface area contributed by atoms with Crippen molar-refractivity contribution in [1.82, 2.24) is 10.2 Å². The van der Waals surface area contributed by atoms with Crippen molar-refractivity contribution < 1.29 is 19.1 Å². The maximum absolute atomic E-state index is 13.0. The van der Waals surface area contributed by atoms with Gasteiger partial charge in [0.25, 0.3) is 5.91 Å². The third-order valence-electron chi connectivity index (χ3n) is 4.02. The highest BCUT2D eigenvalue weighted by atomic mass is 32.2. The van der Waals surface area contributed by atoms with Gasteiger partial charge in [-0.3, -0.25) is 14.5 Å². The van der Waals surface area contributed by atoms with E-state index in [-0.39, 0.29) is 29.9 Å². The van der Waals surface area contributed by atoms with Gasteiger partial charge in [-0.25, -0.2) is 4.39 Å². The summed E-state index contributed by atoms with van der Waals surface area (Å²) >= 11 is 6.33. The number of rotatable bonds is 6. The minimum atomic E-state index is -0.353. The number of amides is 2. The van der Waals surface area contributed by atoms with Crippen molar-refractivity contribution in [3.05, 3.63) is 70.4 Å². The maximum Gasteiger partial charge on any atom is 0.266 e. The smallest absolute Gasteiger partial charge is 0.266 e. The number of benzene rings is 2. The fourth-order valence-corrected chi connectivity index (χ4v) is 3.81. The average molecular weight is 416 g/mol. The SMILES string of the molecule is O=C(CN1C(=O)C(=Cc2ccc(F)cc2)SC1=S)NCCc1ccc(O)cc1. The quantitative estimate of drug-likeness (QED) is 0.560. The highest BCUT2D eigenvalue weighted by Gasteiger charge is 2.33. The van der Waals surface area contributed by atoms with E-state index >= 15 is 0 Å². The van der Waals surface area contributed by atoms with Crippen molar-refractivity contribution in [1.29, 1.82) is 0 Å². The normalized spacial score (nSPS) is 15.3. The molecule has 2 N–H and O–H groups in total. The first-order valence-electron chi connectivity index (χ1n) is 8.48. The first-order valence-corrected chi connectivity index (χ1v) is 9.70. The third kappa shape index (κ3) is 5.17. The summed E-state index contributed by atoms with van der Waals surface area (Å²) in [4.78, 5) is 26.3. The lowest BCUT2D eigenvalue weighted by Crippen LogP contribution is -2.40. The number of thiocarbonyl (C=S) groups is 1. The van der Waals surface area contributed by atoms with Crippen LogP contribution in [0.25, 0.3) is 6.08 Å². The molecule has 0 aliphatic carbocycles. The van der Waals surface area contributed by atoms with Gasteiger partial charge in [0.1, 0.15) is 22.4 Å². The Balaban J connectivity index is 1.54. The molecule has 2 aromatic rings. The van der Waals surface area contributed by atoms with Crippen LogP contribution in [0.3, 0.4) is 0 Å². The van der Waals surface area contributed by atoms with Gasteiger partial charge in [-0.2, -0.15) is 0 Å². The van der Waals surface area contributed by atoms with E-state index in [1.54, 1.807) is 42.5 Å². The number of carbonyl (C=O) groups is 2. The Morgan fingerprint density at radius 2 is 1.86 bits per heavy atom. The molecule has 0 atom stereocenters. The van der Waals surface area contributed by atoms with Gasteiger partial charge < -0.3 is 10.4 Å². The number of nitrogens with one attached hydrogen (secondary N) is 1.